The topological polar surface area (TPSA) is 40.7 Å². The van der Waals surface area contributed by atoms with E-state index in [0.717, 1.165) is 33.7 Å². The van der Waals surface area contributed by atoms with E-state index in [1.807, 2.05) is 25.4 Å². The first-order valence-electron chi connectivity index (χ1n) is 4.74. The van der Waals surface area contributed by atoms with Crippen LogP contribution >= 0.6 is 22.9 Å². The second-order valence-electron chi connectivity index (χ2n) is 3.20. The van der Waals surface area contributed by atoms with Gasteiger partial charge in [0.05, 0.1) is 21.1 Å². The number of halogens is 1. The monoisotopic (exact) mass is 241 g/mol. The van der Waals surface area contributed by atoms with Gasteiger partial charge >= 0.3 is 0 Å². The van der Waals surface area contributed by atoms with E-state index in [1.165, 1.54) is 0 Å². The second kappa shape index (κ2) is 4.79. The highest BCUT2D eigenvalue weighted by molar-refractivity contribution is 7.19. The first-order valence-corrected chi connectivity index (χ1v) is 5.93. The average molecular weight is 242 g/mol. The van der Waals surface area contributed by atoms with E-state index in [0.29, 0.717) is 0 Å². The highest BCUT2D eigenvalue weighted by Gasteiger charge is 2.05. The molecule has 0 spiro atoms. The summed E-state index contributed by atoms with van der Waals surface area (Å²) in [6, 6.07) is 3.90. The van der Waals surface area contributed by atoms with Gasteiger partial charge in [-0.05, 0) is 19.2 Å². The molecule has 0 aliphatic carbocycles. The van der Waals surface area contributed by atoms with Gasteiger partial charge in [0.1, 0.15) is 5.82 Å². The number of hydrogen-bond acceptors (Lipinski definition) is 3. The predicted octanol–water partition coefficient (Wildman–Crippen LogP) is 2.55. The van der Waals surface area contributed by atoms with Crippen molar-refractivity contribution in [2.75, 3.05) is 13.6 Å². The fourth-order valence-corrected chi connectivity index (χ4v) is 2.33. The van der Waals surface area contributed by atoms with Gasteiger partial charge in [0.15, 0.2) is 0 Å². The third-order valence-electron chi connectivity index (χ3n) is 2.08. The van der Waals surface area contributed by atoms with Crippen LogP contribution < -0.4 is 5.32 Å². The molecule has 0 aliphatic rings. The van der Waals surface area contributed by atoms with E-state index in [2.05, 4.69) is 15.3 Å². The zero-order chi connectivity index (χ0) is 10.7. The number of hydrogen-bond donors (Lipinski definition) is 2. The molecule has 15 heavy (non-hydrogen) atoms. The quantitative estimate of drug-likeness (QED) is 0.864. The molecule has 0 unspecified atom stereocenters. The summed E-state index contributed by atoms with van der Waals surface area (Å²) in [5.74, 6) is 1.00. The van der Waals surface area contributed by atoms with Crippen LogP contribution in [0.1, 0.15) is 5.82 Å². The molecule has 2 N–H and O–H groups in total. The molecule has 2 heterocycles. The van der Waals surface area contributed by atoms with E-state index in [9.17, 15) is 0 Å². The lowest BCUT2D eigenvalue weighted by molar-refractivity contribution is 0.764. The van der Waals surface area contributed by atoms with Gasteiger partial charge in [-0.1, -0.05) is 11.6 Å². The first-order chi connectivity index (χ1) is 7.29. The van der Waals surface area contributed by atoms with Crippen molar-refractivity contribution in [3.05, 3.63) is 28.5 Å². The highest BCUT2D eigenvalue weighted by atomic mass is 35.5. The van der Waals surface area contributed by atoms with Gasteiger partial charge in [-0.25, -0.2) is 4.98 Å². The summed E-state index contributed by atoms with van der Waals surface area (Å²) < 4.78 is 0.802. The van der Waals surface area contributed by atoms with Gasteiger partial charge in [-0.15, -0.1) is 11.3 Å². The maximum Gasteiger partial charge on any atom is 0.107 e. The Kier molecular flexibility index (Phi) is 3.41. The van der Waals surface area contributed by atoms with Gasteiger partial charge in [0, 0.05) is 13.0 Å². The average Bonchev–Trinajstić information content (AvgIpc) is 2.83. The minimum atomic E-state index is 0.802. The van der Waals surface area contributed by atoms with Crippen LogP contribution in [0.2, 0.25) is 4.34 Å². The van der Waals surface area contributed by atoms with Gasteiger partial charge < -0.3 is 10.3 Å². The number of thiophene rings is 1. The molecule has 80 valence electrons. The molecule has 3 nitrogen and oxygen atoms in total. The zero-order valence-corrected chi connectivity index (χ0v) is 9.95. The number of likely N-dealkylation sites (N-methyl/N-ethyl adjacent to an activating group) is 1. The maximum atomic E-state index is 5.87. The molecule has 2 rings (SSSR count). The molecular formula is C10H12ClN3S. The standard InChI is InChI=1S/C10H12ClN3S/c1-12-5-4-10-13-6-7(14-10)8-2-3-9(11)15-8/h2-3,6,12H,4-5H2,1H3,(H,13,14). The van der Waals surface area contributed by atoms with Gasteiger partial charge in [0.2, 0.25) is 0 Å². The summed E-state index contributed by atoms with van der Waals surface area (Å²) in [5, 5.41) is 3.09. The smallest absolute Gasteiger partial charge is 0.107 e. The van der Waals surface area contributed by atoms with E-state index < -0.39 is 0 Å². The number of nitrogens with one attached hydrogen (secondary N) is 2. The SMILES string of the molecule is CNCCc1ncc(-c2ccc(Cl)s2)[nH]1. The summed E-state index contributed by atoms with van der Waals surface area (Å²) in [7, 11) is 1.93. The molecule has 5 heteroatoms. The Morgan fingerprint density at radius 3 is 3.07 bits per heavy atom. The lowest BCUT2D eigenvalue weighted by atomic mass is 10.4. The lowest BCUT2D eigenvalue weighted by Crippen LogP contribution is -2.10. The van der Waals surface area contributed by atoms with Crippen molar-refractivity contribution in [3.63, 3.8) is 0 Å². The molecule has 0 fully saturated rings. The molecule has 0 aliphatic heterocycles. The number of imidazole rings is 1. The Balaban J connectivity index is 2.13. The van der Waals surface area contributed by atoms with Crippen molar-refractivity contribution in [1.29, 1.82) is 0 Å². The highest BCUT2D eigenvalue weighted by Crippen LogP contribution is 2.29. The van der Waals surface area contributed by atoms with Crippen LogP contribution in [0.15, 0.2) is 18.3 Å². The van der Waals surface area contributed by atoms with E-state index >= 15 is 0 Å². The number of nitrogens with zero attached hydrogens (tertiary/aromatic N) is 1. The molecule has 0 saturated heterocycles. The summed E-state index contributed by atoms with van der Waals surface area (Å²) in [5.41, 5.74) is 1.04. The van der Waals surface area contributed by atoms with E-state index in [-0.39, 0.29) is 0 Å². The van der Waals surface area contributed by atoms with Gasteiger partial charge in [0.25, 0.3) is 0 Å². The lowest BCUT2D eigenvalue weighted by Gasteiger charge is -1.94. The Morgan fingerprint density at radius 1 is 1.53 bits per heavy atom. The Hall–Kier alpha value is -0.840. The largest absolute Gasteiger partial charge is 0.341 e. The number of aromatic nitrogens is 2. The predicted molar refractivity (Wildman–Crippen MR) is 64.5 cm³/mol. The first kappa shape index (κ1) is 10.7. The molecule has 2 aromatic rings. The second-order valence-corrected chi connectivity index (χ2v) is 4.92. The number of rotatable bonds is 4. The Morgan fingerprint density at radius 2 is 2.40 bits per heavy atom. The summed E-state index contributed by atoms with van der Waals surface area (Å²) in [4.78, 5) is 8.71. The van der Waals surface area contributed by atoms with Crippen molar-refractivity contribution in [2.45, 2.75) is 6.42 Å². The Labute approximate surface area is 97.5 Å². The van der Waals surface area contributed by atoms with Crippen LogP contribution in [0.25, 0.3) is 10.6 Å². The third kappa shape index (κ3) is 2.59. The zero-order valence-electron chi connectivity index (χ0n) is 8.38. The fraction of sp³-hybridized carbons (Fsp3) is 0.300. The van der Waals surface area contributed by atoms with Crippen molar-refractivity contribution in [2.24, 2.45) is 0 Å². The molecule has 0 aromatic carbocycles. The van der Waals surface area contributed by atoms with Crippen LogP contribution in [0.3, 0.4) is 0 Å². The van der Waals surface area contributed by atoms with E-state index in [4.69, 9.17) is 11.6 Å². The van der Waals surface area contributed by atoms with Crippen LogP contribution in [0.5, 0.6) is 0 Å². The van der Waals surface area contributed by atoms with E-state index in [1.54, 1.807) is 11.3 Å². The van der Waals surface area contributed by atoms with Gasteiger partial charge in [-0.2, -0.15) is 0 Å². The molecule has 2 aromatic heterocycles. The molecule has 0 saturated carbocycles. The molecule has 0 atom stereocenters. The summed E-state index contributed by atoms with van der Waals surface area (Å²) in [6.45, 7) is 0.929. The minimum absolute atomic E-state index is 0.802. The van der Waals surface area contributed by atoms with Crippen molar-refractivity contribution in [1.82, 2.24) is 15.3 Å². The summed E-state index contributed by atoms with van der Waals surface area (Å²) in [6.07, 6.45) is 2.77. The van der Waals surface area contributed by atoms with Gasteiger partial charge in [-0.3, -0.25) is 0 Å². The van der Waals surface area contributed by atoms with Crippen LogP contribution in [0, 0.1) is 0 Å². The van der Waals surface area contributed by atoms with Crippen LogP contribution in [-0.2, 0) is 6.42 Å². The number of H-pyrrole nitrogens is 1. The minimum Gasteiger partial charge on any atom is -0.341 e. The van der Waals surface area contributed by atoms with Crippen molar-refractivity contribution >= 4 is 22.9 Å². The third-order valence-corrected chi connectivity index (χ3v) is 3.34. The number of aromatic amines is 1. The van der Waals surface area contributed by atoms with Crippen molar-refractivity contribution in [3.8, 4) is 10.6 Å². The summed E-state index contributed by atoms with van der Waals surface area (Å²) >= 11 is 7.43. The van der Waals surface area contributed by atoms with Crippen LogP contribution in [-0.4, -0.2) is 23.6 Å². The maximum absolute atomic E-state index is 5.87. The molecule has 0 amide bonds. The van der Waals surface area contributed by atoms with Crippen LogP contribution in [0.4, 0.5) is 0 Å². The fourth-order valence-electron chi connectivity index (χ4n) is 1.32. The normalized spacial score (nSPS) is 10.8. The molecular weight excluding hydrogens is 230 g/mol. The van der Waals surface area contributed by atoms with Crippen molar-refractivity contribution < 1.29 is 0 Å². The molecule has 0 radical (unpaired) electrons. The molecule has 0 bridgehead atoms. The Bertz CT molecular complexity index is 435.